The lowest BCUT2D eigenvalue weighted by molar-refractivity contribution is 0.467. The van der Waals surface area contributed by atoms with E-state index in [-0.39, 0.29) is 0 Å². The van der Waals surface area contributed by atoms with Crippen LogP contribution in [-0.4, -0.2) is 15.0 Å². The third kappa shape index (κ3) is 1.98. The average molecular weight is 291 g/mol. The van der Waals surface area contributed by atoms with Crippen molar-refractivity contribution in [2.24, 2.45) is 0 Å². The third-order valence-corrected chi connectivity index (χ3v) is 3.76. The van der Waals surface area contributed by atoms with E-state index in [2.05, 4.69) is 15.0 Å². The van der Waals surface area contributed by atoms with Crippen molar-refractivity contribution in [1.82, 2.24) is 15.0 Å². The summed E-state index contributed by atoms with van der Waals surface area (Å²) in [6.07, 6.45) is 5.04. The molecule has 0 amide bonds. The van der Waals surface area contributed by atoms with Crippen molar-refractivity contribution < 1.29 is 9.15 Å². The van der Waals surface area contributed by atoms with Crippen LogP contribution in [0.2, 0.25) is 0 Å². The molecule has 0 aliphatic rings. The van der Waals surface area contributed by atoms with Gasteiger partial charge in [0.15, 0.2) is 0 Å². The van der Waals surface area contributed by atoms with E-state index in [9.17, 15) is 0 Å². The summed E-state index contributed by atoms with van der Waals surface area (Å²) in [5.41, 5.74) is 1.54. The second kappa shape index (κ2) is 4.80. The second-order valence-electron chi connectivity index (χ2n) is 5.13. The Labute approximate surface area is 126 Å². The number of fused-ring (bicyclic) bond motifs is 2. The van der Waals surface area contributed by atoms with Crippen LogP contribution >= 0.6 is 0 Å². The van der Waals surface area contributed by atoms with Crippen molar-refractivity contribution in [2.75, 3.05) is 0 Å². The molecule has 0 saturated carbocycles. The molecule has 5 nitrogen and oxygen atoms in total. The number of benzene rings is 1. The van der Waals surface area contributed by atoms with Gasteiger partial charge in [-0.3, -0.25) is 4.98 Å². The molecule has 0 saturated heterocycles. The van der Waals surface area contributed by atoms with Crippen molar-refractivity contribution in [2.45, 2.75) is 13.8 Å². The van der Waals surface area contributed by atoms with Gasteiger partial charge in [0.25, 0.3) is 0 Å². The largest absolute Gasteiger partial charge is 0.443 e. The molecule has 5 heteroatoms. The van der Waals surface area contributed by atoms with Crippen LogP contribution < -0.4 is 4.74 Å². The fourth-order valence-electron chi connectivity index (χ4n) is 2.46. The van der Waals surface area contributed by atoms with Crippen LogP contribution in [0.4, 0.5) is 0 Å². The molecule has 3 aromatic heterocycles. The third-order valence-electron chi connectivity index (χ3n) is 3.76. The monoisotopic (exact) mass is 291 g/mol. The molecule has 0 fully saturated rings. The van der Waals surface area contributed by atoms with Crippen LogP contribution in [0.1, 0.15) is 11.3 Å². The van der Waals surface area contributed by atoms with E-state index in [0.29, 0.717) is 11.6 Å². The molecule has 0 atom stereocenters. The topological polar surface area (TPSA) is 61.0 Å². The first-order valence-corrected chi connectivity index (χ1v) is 6.95. The first-order chi connectivity index (χ1) is 10.7. The van der Waals surface area contributed by atoms with E-state index in [1.54, 1.807) is 6.20 Å². The quantitative estimate of drug-likeness (QED) is 0.554. The number of rotatable bonds is 2. The lowest BCUT2D eigenvalue weighted by Gasteiger charge is -2.06. The lowest BCUT2D eigenvalue weighted by Crippen LogP contribution is -1.91. The minimum Gasteiger partial charge on any atom is -0.443 e. The molecule has 0 unspecified atom stereocenters. The Morgan fingerprint density at radius 2 is 1.95 bits per heavy atom. The minimum atomic E-state index is 0.507. The van der Waals surface area contributed by atoms with E-state index in [1.165, 1.54) is 6.33 Å². The van der Waals surface area contributed by atoms with Gasteiger partial charge in [0.1, 0.15) is 23.2 Å². The fraction of sp³-hybridized carbons (Fsp3) is 0.118. The van der Waals surface area contributed by atoms with Crippen molar-refractivity contribution in [1.29, 1.82) is 0 Å². The van der Waals surface area contributed by atoms with Crippen LogP contribution in [0.15, 0.2) is 47.4 Å². The summed E-state index contributed by atoms with van der Waals surface area (Å²) in [5.74, 6) is 2.05. The van der Waals surface area contributed by atoms with Crippen molar-refractivity contribution in [3.05, 3.63) is 54.3 Å². The van der Waals surface area contributed by atoms with Crippen LogP contribution in [0.25, 0.3) is 21.9 Å². The van der Waals surface area contributed by atoms with Crippen LogP contribution in [0, 0.1) is 13.8 Å². The summed E-state index contributed by atoms with van der Waals surface area (Å²) in [5, 5.41) is 2.95. The van der Waals surface area contributed by atoms with Gasteiger partial charge in [0, 0.05) is 23.3 Å². The van der Waals surface area contributed by atoms with E-state index < -0.39 is 0 Å². The highest BCUT2D eigenvalue weighted by molar-refractivity contribution is 5.85. The smallest absolute Gasteiger partial charge is 0.233 e. The highest BCUT2D eigenvalue weighted by atomic mass is 16.5. The number of aryl methyl sites for hydroxylation is 2. The maximum absolute atomic E-state index is 5.96. The second-order valence-corrected chi connectivity index (χ2v) is 5.13. The van der Waals surface area contributed by atoms with Crippen molar-refractivity contribution >= 4 is 21.9 Å². The number of hydrogen-bond acceptors (Lipinski definition) is 5. The predicted octanol–water partition coefficient (Wildman–Crippen LogP) is 4.18. The summed E-state index contributed by atoms with van der Waals surface area (Å²) in [6.45, 7) is 3.88. The average Bonchev–Trinajstić information content (AvgIpc) is 2.83. The summed E-state index contributed by atoms with van der Waals surface area (Å²) >= 11 is 0. The summed E-state index contributed by atoms with van der Waals surface area (Å²) in [7, 11) is 0. The number of aromatic nitrogens is 3. The molecule has 0 aliphatic heterocycles. The molecule has 0 bridgehead atoms. The van der Waals surface area contributed by atoms with E-state index in [4.69, 9.17) is 9.15 Å². The molecule has 3 heterocycles. The van der Waals surface area contributed by atoms with Gasteiger partial charge in [-0.25, -0.2) is 9.97 Å². The van der Waals surface area contributed by atoms with E-state index in [0.717, 1.165) is 33.2 Å². The molecule has 1 aromatic carbocycles. The van der Waals surface area contributed by atoms with Gasteiger partial charge in [-0.15, -0.1) is 0 Å². The highest BCUT2D eigenvalue weighted by Gasteiger charge is 2.15. The lowest BCUT2D eigenvalue weighted by atomic mass is 10.2. The maximum atomic E-state index is 5.96. The van der Waals surface area contributed by atoms with Crippen molar-refractivity contribution in [3.8, 4) is 11.6 Å². The van der Waals surface area contributed by atoms with Crippen molar-refractivity contribution in [3.63, 3.8) is 0 Å². The Hall–Kier alpha value is -2.95. The van der Waals surface area contributed by atoms with E-state index >= 15 is 0 Å². The van der Waals surface area contributed by atoms with Crippen LogP contribution in [-0.2, 0) is 0 Å². The van der Waals surface area contributed by atoms with Gasteiger partial charge < -0.3 is 9.15 Å². The molecule has 22 heavy (non-hydrogen) atoms. The van der Waals surface area contributed by atoms with E-state index in [1.807, 2.05) is 44.3 Å². The number of ether oxygens (including phenoxy) is 1. The first-order valence-electron chi connectivity index (χ1n) is 6.95. The molecular weight excluding hydrogens is 278 g/mol. The predicted molar refractivity (Wildman–Crippen MR) is 83.1 cm³/mol. The van der Waals surface area contributed by atoms with Gasteiger partial charge in [-0.2, -0.15) is 0 Å². The summed E-state index contributed by atoms with van der Waals surface area (Å²) in [6, 6.07) is 7.79. The first kappa shape index (κ1) is 12.8. The minimum absolute atomic E-state index is 0.507. The normalized spacial score (nSPS) is 11.2. The number of hydrogen-bond donors (Lipinski definition) is 0. The zero-order valence-corrected chi connectivity index (χ0v) is 12.2. The standard InChI is InChI=1S/C17H13N3O2/c1-10-11(2)21-16-15(10)17(20-9-19-16)22-14-4-3-13-8-18-6-5-12(13)7-14/h3-9H,1-2H3. The maximum Gasteiger partial charge on any atom is 0.233 e. The molecule has 0 aliphatic carbocycles. The molecule has 4 aromatic rings. The van der Waals surface area contributed by atoms with Crippen LogP contribution in [0.3, 0.4) is 0 Å². The molecular formula is C17H13N3O2. The summed E-state index contributed by atoms with van der Waals surface area (Å²) in [4.78, 5) is 12.5. The SMILES string of the molecule is Cc1oc2ncnc(Oc3ccc4cnccc4c3)c2c1C. The molecule has 0 spiro atoms. The summed E-state index contributed by atoms with van der Waals surface area (Å²) < 4.78 is 11.6. The Balaban J connectivity index is 1.82. The Bertz CT molecular complexity index is 992. The Morgan fingerprint density at radius 1 is 1.05 bits per heavy atom. The molecule has 0 radical (unpaired) electrons. The van der Waals surface area contributed by atoms with Gasteiger partial charge in [0.2, 0.25) is 11.6 Å². The number of pyridine rings is 1. The van der Waals surface area contributed by atoms with Gasteiger partial charge >= 0.3 is 0 Å². The highest BCUT2D eigenvalue weighted by Crippen LogP contribution is 2.33. The molecule has 108 valence electrons. The van der Waals surface area contributed by atoms with Gasteiger partial charge in [-0.05, 0) is 43.5 Å². The van der Waals surface area contributed by atoms with Gasteiger partial charge in [0.05, 0.1) is 0 Å². The zero-order valence-electron chi connectivity index (χ0n) is 12.2. The van der Waals surface area contributed by atoms with Crippen LogP contribution in [0.5, 0.6) is 11.6 Å². The fourth-order valence-corrected chi connectivity index (χ4v) is 2.46. The van der Waals surface area contributed by atoms with Gasteiger partial charge in [-0.1, -0.05) is 0 Å². The zero-order chi connectivity index (χ0) is 15.1. The Morgan fingerprint density at radius 3 is 2.86 bits per heavy atom. The Kier molecular flexibility index (Phi) is 2.79. The number of nitrogens with zero attached hydrogens (tertiary/aromatic N) is 3. The molecule has 4 rings (SSSR count). The molecule has 0 N–H and O–H groups in total. The number of furan rings is 1.